The van der Waals surface area contributed by atoms with E-state index in [2.05, 4.69) is 77.2 Å². The standard InChI is InChI=1S/C22H24N2S2/c1-12-7-8-16(9-13(12)2)23-21-19-17-10-14(3)15(4)11-18(17)24-22(5,6)20(19)25-26-21/h7-11,24H,1-6H3. The molecule has 1 aliphatic rings. The molecule has 3 aromatic rings. The van der Waals surface area contributed by atoms with Crippen molar-refractivity contribution in [2.24, 2.45) is 4.99 Å². The largest absolute Gasteiger partial charge is 0.375 e. The fraction of sp³-hybridized carbons (Fsp3) is 0.318. The third-order valence-corrected chi connectivity index (χ3v) is 7.93. The monoisotopic (exact) mass is 380 g/mol. The first-order valence-corrected chi connectivity index (χ1v) is 11.1. The van der Waals surface area contributed by atoms with Crippen LogP contribution in [0.4, 0.5) is 11.4 Å². The Hall–Kier alpha value is -1.91. The fourth-order valence-electron chi connectivity index (χ4n) is 3.42. The van der Waals surface area contributed by atoms with Crippen molar-refractivity contribution in [1.82, 2.24) is 0 Å². The Morgan fingerprint density at radius 2 is 1.54 bits per heavy atom. The molecule has 1 N–H and O–H groups in total. The number of benzene rings is 2. The third-order valence-electron chi connectivity index (χ3n) is 5.28. The van der Waals surface area contributed by atoms with Crippen molar-refractivity contribution in [2.75, 3.05) is 5.32 Å². The second-order valence-electron chi connectivity index (χ2n) is 7.79. The Morgan fingerprint density at radius 1 is 0.846 bits per heavy atom. The average Bonchev–Trinajstić information content (AvgIpc) is 2.98. The number of anilines is 1. The molecule has 0 saturated heterocycles. The molecule has 4 heteroatoms. The van der Waals surface area contributed by atoms with Gasteiger partial charge < -0.3 is 5.32 Å². The highest BCUT2D eigenvalue weighted by Gasteiger charge is 2.33. The van der Waals surface area contributed by atoms with Gasteiger partial charge in [0.15, 0.2) is 0 Å². The number of fused-ring (bicyclic) bond motifs is 3. The van der Waals surface area contributed by atoms with E-state index in [9.17, 15) is 0 Å². The van der Waals surface area contributed by atoms with Gasteiger partial charge in [0.05, 0.1) is 16.1 Å². The van der Waals surface area contributed by atoms with Gasteiger partial charge in [-0.25, -0.2) is 4.99 Å². The van der Waals surface area contributed by atoms with Crippen LogP contribution in [0, 0.1) is 27.7 Å². The molecule has 1 aromatic heterocycles. The maximum Gasteiger partial charge on any atom is 0.135 e. The van der Waals surface area contributed by atoms with Crippen LogP contribution in [0.3, 0.4) is 0 Å². The van der Waals surface area contributed by atoms with E-state index in [1.165, 1.54) is 43.9 Å². The summed E-state index contributed by atoms with van der Waals surface area (Å²) in [6.45, 7) is 13.2. The van der Waals surface area contributed by atoms with Gasteiger partial charge in [0, 0.05) is 16.8 Å². The number of hydrogen-bond acceptors (Lipinski definition) is 4. The van der Waals surface area contributed by atoms with Crippen molar-refractivity contribution in [3.05, 3.63) is 62.1 Å². The van der Waals surface area contributed by atoms with E-state index in [-0.39, 0.29) is 5.54 Å². The van der Waals surface area contributed by atoms with Gasteiger partial charge in [-0.2, -0.15) is 0 Å². The van der Waals surface area contributed by atoms with Gasteiger partial charge in [0.2, 0.25) is 0 Å². The fourth-order valence-corrected chi connectivity index (χ4v) is 6.36. The van der Waals surface area contributed by atoms with Crippen LogP contribution in [-0.4, -0.2) is 0 Å². The van der Waals surface area contributed by atoms with Gasteiger partial charge in [0.1, 0.15) is 4.67 Å². The molecule has 1 aliphatic heterocycles. The van der Waals surface area contributed by atoms with E-state index in [1.807, 2.05) is 10.3 Å². The number of rotatable bonds is 1. The zero-order valence-electron chi connectivity index (χ0n) is 16.2. The van der Waals surface area contributed by atoms with Crippen molar-refractivity contribution < 1.29 is 0 Å². The second-order valence-corrected chi connectivity index (χ2v) is 9.92. The zero-order valence-corrected chi connectivity index (χ0v) is 17.8. The third kappa shape index (κ3) is 2.81. The summed E-state index contributed by atoms with van der Waals surface area (Å²) in [5.41, 5.74) is 9.99. The van der Waals surface area contributed by atoms with E-state index in [1.54, 1.807) is 10.3 Å². The molecule has 0 unspecified atom stereocenters. The van der Waals surface area contributed by atoms with Gasteiger partial charge in [-0.05, 0) is 88.1 Å². The minimum absolute atomic E-state index is 0.0812. The maximum atomic E-state index is 5.03. The SMILES string of the molecule is Cc1ccc(N=c2ssc3c2-c2cc(C)c(C)cc2NC3(C)C)cc1C. The molecule has 0 bridgehead atoms. The molecule has 2 aromatic carbocycles. The minimum Gasteiger partial charge on any atom is -0.375 e. The zero-order chi connectivity index (χ0) is 18.6. The van der Waals surface area contributed by atoms with E-state index in [0.717, 1.165) is 10.4 Å². The predicted octanol–water partition coefficient (Wildman–Crippen LogP) is 6.60. The summed E-state index contributed by atoms with van der Waals surface area (Å²) in [6, 6.07) is 11.0. The molecular formula is C22H24N2S2. The van der Waals surface area contributed by atoms with Crippen molar-refractivity contribution in [2.45, 2.75) is 47.1 Å². The van der Waals surface area contributed by atoms with E-state index >= 15 is 0 Å². The van der Waals surface area contributed by atoms with Crippen LogP contribution in [0.1, 0.15) is 41.0 Å². The van der Waals surface area contributed by atoms with Crippen LogP contribution in [0.5, 0.6) is 0 Å². The lowest BCUT2D eigenvalue weighted by Crippen LogP contribution is -2.31. The Bertz CT molecular complexity index is 1080. The molecule has 0 amide bonds. The maximum absolute atomic E-state index is 5.03. The molecule has 0 radical (unpaired) electrons. The Kier molecular flexibility index (Phi) is 4.08. The smallest absolute Gasteiger partial charge is 0.135 e. The molecule has 0 saturated carbocycles. The molecule has 0 aliphatic carbocycles. The summed E-state index contributed by atoms with van der Waals surface area (Å²) < 4.78 is 1.12. The van der Waals surface area contributed by atoms with Gasteiger partial charge >= 0.3 is 0 Å². The van der Waals surface area contributed by atoms with Crippen LogP contribution in [0.15, 0.2) is 35.3 Å². The summed E-state index contributed by atoms with van der Waals surface area (Å²) in [5, 5.41) is 3.73. The van der Waals surface area contributed by atoms with Crippen LogP contribution < -0.4 is 9.99 Å². The molecule has 0 spiro atoms. The lowest BCUT2D eigenvalue weighted by Gasteiger charge is -2.33. The van der Waals surface area contributed by atoms with Crippen LogP contribution in [-0.2, 0) is 5.54 Å². The normalized spacial score (nSPS) is 15.4. The summed E-state index contributed by atoms with van der Waals surface area (Å²) in [6.07, 6.45) is 0. The summed E-state index contributed by atoms with van der Waals surface area (Å²) in [5.74, 6) is 0. The van der Waals surface area contributed by atoms with Crippen LogP contribution in [0.2, 0.25) is 0 Å². The number of nitrogens with one attached hydrogen (secondary N) is 1. The second kappa shape index (κ2) is 6.07. The van der Waals surface area contributed by atoms with E-state index in [4.69, 9.17) is 4.99 Å². The first-order valence-electron chi connectivity index (χ1n) is 8.91. The first-order chi connectivity index (χ1) is 12.3. The summed E-state index contributed by atoms with van der Waals surface area (Å²) in [7, 11) is 3.63. The molecule has 0 fully saturated rings. The van der Waals surface area contributed by atoms with Crippen LogP contribution in [0.25, 0.3) is 11.1 Å². The quantitative estimate of drug-likeness (QED) is 0.472. The molecule has 4 rings (SSSR count). The van der Waals surface area contributed by atoms with Crippen LogP contribution >= 0.6 is 20.7 Å². The Balaban J connectivity index is 1.99. The minimum atomic E-state index is -0.0812. The molecule has 134 valence electrons. The Labute approximate surface area is 162 Å². The van der Waals surface area contributed by atoms with Gasteiger partial charge in [0.25, 0.3) is 0 Å². The summed E-state index contributed by atoms with van der Waals surface area (Å²) >= 11 is 0. The van der Waals surface area contributed by atoms with Crippen molar-refractivity contribution in [1.29, 1.82) is 0 Å². The highest BCUT2D eigenvalue weighted by atomic mass is 32.9. The van der Waals surface area contributed by atoms with Crippen molar-refractivity contribution >= 4 is 32.1 Å². The van der Waals surface area contributed by atoms with Gasteiger partial charge in [-0.3, -0.25) is 0 Å². The lowest BCUT2D eigenvalue weighted by molar-refractivity contribution is 0.619. The Morgan fingerprint density at radius 3 is 2.27 bits per heavy atom. The highest BCUT2D eigenvalue weighted by Crippen LogP contribution is 2.46. The summed E-state index contributed by atoms with van der Waals surface area (Å²) in [4.78, 5) is 6.41. The number of hydrogen-bond donors (Lipinski definition) is 1. The predicted molar refractivity (Wildman–Crippen MR) is 115 cm³/mol. The topological polar surface area (TPSA) is 24.4 Å². The first kappa shape index (κ1) is 17.5. The average molecular weight is 381 g/mol. The molecular weight excluding hydrogens is 356 g/mol. The van der Waals surface area contributed by atoms with E-state index in [0.29, 0.717) is 0 Å². The lowest BCUT2D eigenvalue weighted by atomic mass is 9.88. The molecule has 2 nitrogen and oxygen atoms in total. The highest BCUT2D eigenvalue weighted by molar-refractivity contribution is 7.68. The van der Waals surface area contributed by atoms with E-state index < -0.39 is 0 Å². The number of nitrogens with zero attached hydrogens (tertiary/aromatic N) is 1. The van der Waals surface area contributed by atoms with Gasteiger partial charge in [-0.15, -0.1) is 0 Å². The molecule has 26 heavy (non-hydrogen) atoms. The van der Waals surface area contributed by atoms with Crippen molar-refractivity contribution in [3.8, 4) is 11.1 Å². The van der Waals surface area contributed by atoms with Crippen molar-refractivity contribution in [3.63, 3.8) is 0 Å². The molecule has 0 atom stereocenters. The molecule has 2 heterocycles. The van der Waals surface area contributed by atoms with Gasteiger partial charge in [-0.1, -0.05) is 26.7 Å². The number of aryl methyl sites for hydroxylation is 4.